The van der Waals surface area contributed by atoms with Gasteiger partial charge in [-0.25, -0.2) is 0 Å². The first-order chi connectivity index (χ1) is 12.9. The third-order valence-electron chi connectivity index (χ3n) is 4.16. The summed E-state index contributed by atoms with van der Waals surface area (Å²) in [5.74, 6) is 0.495. The number of ether oxygens (including phenoxy) is 1. The van der Waals surface area contributed by atoms with Crippen molar-refractivity contribution in [3.63, 3.8) is 0 Å². The normalized spacial score (nSPS) is 15.9. The minimum absolute atomic E-state index is 0.0196. The lowest BCUT2D eigenvalue weighted by Crippen LogP contribution is -2.47. The monoisotopic (exact) mass is 371 g/mol. The van der Waals surface area contributed by atoms with E-state index >= 15 is 0 Å². The maximum atomic E-state index is 12.6. The Morgan fingerprint density at radius 1 is 1.30 bits per heavy atom. The number of ketones is 1. The summed E-state index contributed by atoms with van der Waals surface area (Å²) in [5, 5.41) is 6.29. The number of hydrogen-bond donors (Lipinski definition) is 1. The highest BCUT2D eigenvalue weighted by Gasteiger charge is 2.33. The third kappa shape index (κ3) is 3.99. The van der Waals surface area contributed by atoms with Crippen LogP contribution in [0.25, 0.3) is 0 Å². The van der Waals surface area contributed by atoms with Gasteiger partial charge in [-0.2, -0.15) is 0 Å². The summed E-state index contributed by atoms with van der Waals surface area (Å²) < 4.78 is 10.5. The number of benzene rings is 1. The van der Waals surface area contributed by atoms with Gasteiger partial charge in [0.25, 0.3) is 5.91 Å². The quantitative estimate of drug-likeness (QED) is 0.784. The molecule has 1 unspecified atom stereocenters. The number of anilines is 2. The lowest BCUT2D eigenvalue weighted by atomic mass is 10.0. The van der Waals surface area contributed by atoms with Crippen LogP contribution in [0.2, 0.25) is 0 Å². The number of nitrogens with zero attached hydrogens (tertiary/aromatic N) is 2. The zero-order valence-corrected chi connectivity index (χ0v) is 15.4. The molecule has 0 fully saturated rings. The Bertz CT molecular complexity index is 889. The zero-order valence-electron chi connectivity index (χ0n) is 15.4. The van der Waals surface area contributed by atoms with E-state index in [-0.39, 0.29) is 24.1 Å². The number of fused-ring (bicyclic) bond motifs is 1. The van der Waals surface area contributed by atoms with Crippen molar-refractivity contribution in [1.82, 2.24) is 5.16 Å². The van der Waals surface area contributed by atoms with E-state index in [0.29, 0.717) is 29.2 Å². The smallest absolute Gasteiger partial charge is 0.268 e. The molecule has 1 atom stereocenters. The number of hydrogen-bond acceptors (Lipinski definition) is 6. The van der Waals surface area contributed by atoms with Crippen LogP contribution in [0.1, 0.15) is 42.8 Å². The number of rotatable bonds is 6. The van der Waals surface area contributed by atoms with E-state index in [0.717, 1.165) is 6.42 Å². The van der Waals surface area contributed by atoms with Gasteiger partial charge in [-0.15, -0.1) is 0 Å². The summed E-state index contributed by atoms with van der Waals surface area (Å²) in [7, 11) is 0. The SMILES string of the molecule is CCCC(=O)c1ccc2c(c1)N(CC(=O)Nc1cc(C)on1)C(=O)C(C)O2. The van der Waals surface area contributed by atoms with Crippen molar-refractivity contribution in [3.05, 3.63) is 35.6 Å². The van der Waals surface area contributed by atoms with E-state index in [1.54, 1.807) is 38.1 Å². The molecule has 142 valence electrons. The topological polar surface area (TPSA) is 102 Å². The minimum atomic E-state index is -0.725. The first-order valence-corrected chi connectivity index (χ1v) is 8.77. The fourth-order valence-electron chi connectivity index (χ4n) is 2.87. The second kappa shape index (κ2) is 7.61. The van der Waals surface area contributed by atoms with Crippen LogP contribution < -0.4 is 15.0 Å². The molecule has 1 aliphatic rings. The van der Waals surface area contributed by atoms with Crippen LogP contribution in [-0.2, 0) is 9.59 Å². The van der Waals surface area contributed by atoms with Gasteiger partial charge in [-0.3, -0.25) is 19.3 Å². The molecule has 0 aliphatic carbocycles. The molecule has 2 amide bonds. The molecule has 8 heteroatoms. The number of amides is 2. The predicted octanol–water partition coefficient (Wildman–Crippen LogP) is 2.72. The summed E-state index contributed by atoms with van der Waals surface area (Å²) >= 11 is 0. The van der Waals surface area contributed by atoms with Crippen molar-refractivity contribution in [1.29, 1.82) is 0 Å². The highest BCUT2D eigenvalue weighted by Crippen LogP contribution is 2.35. The second-order valence-corrected chi connectivity index (χ2v) is 6.41. The van der Waals surface area contributed by atoms with Gasteiger partial charge in [-0.1, -0.05) is 12.1 Å². The molecular weight excluding hydrogens is 350 g/mol. The number of carbonyl (C=O) groups excluding carboxylic acids is 3. The zero-order chi connectivity index (χ0) is 19.6. The van der Waals surface area contributed by atoms with Crippen molar-refractivity contribution in [2.75, 3.05) is 16.8 Å². The van der Waals surface area contributed by atoms with Crippen molar-refractivity contribution in [2.45, 2.75) is 39.7 Å². The molecular formula is C19H21N3O5. The number of nitrogens with one attached hydrogen (secondary N) is 1. The van der Waals surface area contributed by atoms with Crippen molar-refractivity contribution >= 4 is 29.1 Å². The highest BCUT2D eigenvalue weighted by atomic mass is 16.5. The van der Waals surface area contributed by atoms with E-state index in [2.05, 4.69) is 10.5 Å². The first-order valence-electron chi connectivity index (χ1n) is 8.77. The van der Waals surface area contributed by atoms with Crippen LogP contribution in [0.5, 0.6) is 5.75 Å². The van der Waals surface area contributed by atoms with Gasteiger partial charge < -0.3 is 14.6 Å². The molecule has 0 bridgehead atoms. The van der Waals surface area contributed by atoms with E-state index in [1.165, 1.54) is 4.90 Å². The Labute approximate surface area is 156 Å². The molecule has 27 heavy (non-hydrogen) atoms. The van der Waals surface area contributed by atoms with Crippen molar-refractivity contribution in [2.24, 2.45) is 0 Å². The van der Waals surface area contributed by atoms with Crippen molar-refractivity contribution in [3.8, 4) is 5.75 Å². The molecule has 1 aliphatic heterocycles. The summed E-state index contributed by atoms with van der Waals surface area (Å²) in [6.45, 7) is 5.03. The van der Waals surface area contributed by atoms with Crippen LogP contribution in [0.15, 0.2) is 28.8 Å². The maximum absolute atomic E-state index is 12.6. The summed E-state index contributed by atoms with van der Waals surface area (Å²) in [4.78, 5) is 38.5. The second-order valence-electron chi connectivity index (χ2n) is 6.41. The van der Waals surface area contributed by atoms with E-state index in [1.807, 2.05) is 6.92 Å². The third-order valence-corrected chi connectivity index (χ3v) is 4.16. The molecule has 8 nitrogen and oxygen atoms in total. The van der Waals surface area contributed by atoms with Crippen LogP contribution >= 0.6 is 0 Å². The van der Waals surface area contributed by atoms with Crippen molar-refractivity contribution < 1.29 is 23.6 Å². The van der Waals surface area contributed by atoms with Gasteiger partial charge in [0.1, 0.15) is 18.1 Å². The number of aryl methyl sites for hydroxylation is 1. The highest BCUT2D eigenvalue weighted by molar-refractivity contribution is 6.07. The average molecular weight is 371 g/mol. The van der Waals surface area contributed by atoms with Gasteiger partial charge in [0.05, 0.1) is 5.69 Å². The number of aromatic nitrogens is 1. The molecule has 3 rings (SSSR count). The Kier molecular flexibility index (Phi) is 5.25. The van der Waals surface area contributed by atoms with Crippen LogP contribution in [-0.4, -0.2) is 35.4 Å². The van der Waals surface area contributed by atoms with Gasteiger partial charge >= 0.3 is 0 Å². The summed E-state index contributed by atoms with van der Waals surface area (Å²) in [5.41, 5.74) is 0.894. The lowest BCUT2D eigenvalue weighted by Gasteiger charge is -2.32. The fraction of sp³-hybridized carbons (Fsp3) is 0.368. The molecule has 1 aromatic carbocycles. The Balaban J connectivity index is 1.85. The lowest BCUT2D eigenvalue weighted by molar-refractivity contribution is -0.127. The van der Waals surface area contributed by atoms with Gasteiger partial charge in [0, 0.05) is 18.1 Å². The molecule has 1 aromatic heterocycles. The molecule has 0 radical (unpaired) electrons. The minimum Gasteiger partial charge on any atom is -0.479 e. The summed E-state index contributed by atoms with van der Waals surface area (Å²) in [6.07, 6.45) is 0.415. The summed E-state index contributed by atoms with van der Waals surface area (Å²) in [6, 6.07) is 6.52. The van der Waals surface area contributed by atoms with Crippen LogP contribution in [0.3, 0.4) is 0 Å². The molecule has 2 aromatic rings. The van der Waals surface area contributed by atoms with E-state index in [4.69, 9.17) is 9.26 Å². The number of carbonyl (C=O) groups is 3. The van der Waals surface area contributed by atoms with E-state index in [9.17, 15) is 14.4 Å². The van der Waals surface area contributed by atoms with E-state index < -0.39 is 12.0 Å². The van der Waals surface area contributed by atoms with Gasteiger partial charge in [0.15, 0.2) is 17.7 Å². The Morgan fingerprint density at radius 3 is 2.74 bits per heavy atom. The average Bonchev–Trinajstić information content (AvgIpc) is 3.03. The molecule has 0 spiro atoms. The Morgan fingerprint density at radius 2 is 2.07 bits per heavy atom. The van der Waals surface area contributed by atoms with Crippen LogP contribution in [0.4, 0.5) is 11.5 Å². The first kappa shape index (κ1) is 18.6. The Hall–Kier alpha value is -3.16. The standard InChI is InChI=1S/C19H21N3O5/c1-4-5-15(23)13-6-7-16-14(9-13)22(19(25)12(3)26-16)10-18(24)20-17-8-11(2)27-21-17/h6-9,12H,4-5,10H2,1-3H3,(H,20,21,24). The predicted molar refractivity (Wildman–Crippen MR) is 98.0 cm³/mol. The molecule has 1 N–H and O–H groups in total. The van der Waals surface area contributed by atoms with Gasteiger partial charge in [-0.05, 0) is 38.5 Å². The number of Topliss-reactive ketones (excluding diaryl/α,β-unsaturated/α-hetero) is 1. The fourth-order valence-corrected chi connectivity index (χ4v) is 2.87. The largest absolute Gasteiger partial charge is 0.479 e. The maximum Gasteiger partial charge on any atom is 0.268 e. The van der Waals surface area contributed by atoms with Crippen LogP contribution in [0, 0.1) is 6.92 Å². The molecule has 0 saturated carbocycles. The molecule has 2 heterocycles. The molecule has 0 saturated heterocycles. The van der Waals surface area contributed by atoms with Gasteiger partial charge in [0.2, 0.25) is 5.91 Å².